The van der Waals surface area contributed by atoms with Crippen LogP contribution in [-0.4, -0.2) is 43.0 Å². The lowest BCUT2D eigenvalue weighted by atomic mass is 10.2. The average molecular weight is 279 g/mol. The molecule has 1 unspecified atom stereocenters. The summed E-state index contributed by atoms with van der Waals surface area (Å²) in [5.41, 5.74) is 0. The highest BCUT2D eigenvalue weighted by molar-refractivity contribution is 5.73. The van der Waals surface area contributed by atoms with Crippen LogP contribution in [0.4, 0.5) is 0 Å². The number of carboxylic acids is 1. The lowest BCUT2D eigenvalue weighted by molar-refractivity contribution is -0.140. The van der Waals surface area contributed by atoms with Crippen molar-refractivity contribution in [3.8, 4) is 5.75 Å². The number of carboxylic acid groups (broad SMARTS) is 1. The zero-order valence-electron chi connectivity index (χ0n) is 11.5. The van der Waals surface area contributed by atoms with E-state index in [-0.39, 0.29) is 0 Å². The third-order valence-electron chi connectivity index (χ3n) is 3.10. The van der Waals surface area contributed by atoms with Crippen molar-refractivity contribution in [1.82, 2.24) is 5.32 Å². The Bertz CT molecular complexity index is 406. The van der Waals surface area contributed by atoms with E-state index in [1.54, 1.807) is 0 Å². The van der Waals surface area contributed by atoms with Crippen LogP contribution in [0.5, 0.6) is 5.75 Å². The van der Waals surface area contributed by atoms with Crippen molar-refractivity contribution in [1.29, 1.82) is 0 Å². The summed E-state index contributed by atoms with van der Waals surface area (Å²) in [6.45, 7) is 1.36. The number of carbonyl (C=O) groups is 1. The summed E-state index contributed by atoms with van der Waals surface area (Å²) in [7, 11) is 0. The zero-order valence-corrected chi connectivity index (χ0v) is 11.5. The summed E-state index contributed by atoms with van der Waals surface area (Å²) in [6.07, 6.45) is 2.64. The molecule has 1 atom stereocenters. The molecule has 0 amide bonds. The van der Waals surface area contributed by atoms with E-state index in [1.165, 1.54) is 0 Å². The number of para-hydroxylation sites is 1. The van der Waals surface area contributed by atoms with Crippen LogP contribution in [0.3, 0.4) is 0 Å². The Morgan fingerprint density at radius 3 is 2.65 bits per heavy atom. The van der Waals surface area contributed by atoms with Crippen molar-refractivity contribution in [2.75, 3.05) is 19.8 Å². The van der Waals surface area contributed by atoms with Crippen LogP contribution in [0.1, 0.15) is 19.3 Å². The highest BCUT2D eigenvalue weighted by Gasteiger charge is 2.27. The van der Waals surface area contributed by atoms with Crippen LogP contribution in [0, 0.1) is 0 Å². The number of nitrogens with one attached hydrogen (secondary N) is 1. The molecule has 0 bridgehead atoms. The normalized spacial score (nSPS) is 15.8. The molecule has 1 aliphatic rings. The fourth-order valence-electron chi connectivity index (χ4n) is 1.85. The quantitative estimate of drug-likeness (QED) is 0.638. The second kappa shape index (κ2) is 7.87. The van der Waals surface area contributed by atoms with Gasteiger partial charge in [-0.2, -0.15) is 0 Å². The highest BCUT2D eigenvalue weighted by atomic mass is 16.5. The van der Waals surface area contributed by atoms with Gasteiger partial charge in [0.15, 0.2) is 0 Å². The third-order valence-corrected chi connectivity index (χ3v) is 3.10. The van der Waals surface area contributed by atoms with Gasteiger partial charge in [-0.15, -0.1) is 0 Å². The number of hydrogen-bond donors (Lipinski definition) is 2. The van der Waals surface area contributed by atoms with Gasteiger partial charge in [-0.3, -0.25) is 4.79 Å². The van der Waals surface area contributed by atoms with Crippen LogP contribution in [0.2, 0.25) is 0 Å². The number of ether oxygens (including phenoxy) is 2. The molecule has 0 spiro atoms. The topological polar surface area (TPSA) is 67.8 Å². The minimum Gasteiger partial charge on any atom is -0.491 e. The molecule has 1 fully saturated rings. The SMILES string of the molecule is O=C(O)C(CCOCCOc1ccccc1)NC1CC1. The van der Waals surface area contributed by atoms with Crippen LogP contribution < -0.4 is 10.1 Å². The van der Waals surface area contributed by atoms with E-state index in [1.807, 2.05) is 30.3 Å². The minimum absolute atomic E-state index is 0.387. The van der Waals surface area contributed by atoms with Crippen molar-refractivity contribution in [3.05, 3.63) is 30.3 Å². The monoisotopic (exact) mass is 279 g/mol. The Hall–Kier alpha value is -1.59. The molecule has 2 rings (SSSR count). The third kappa shape index (κ3) is 5.59. The molecule has 5 nitrogen and oxygen atoms in total. The van der Waals surface area contributed by atoms with E-state index in [0.29, 0.717) is 32.3 Å². The number of hydrogen-bond acceptors (Lipinski definition) is 4. The number of aliphatic carboxylic acids is 1. The maximum Gasteiger partial charge on any atom is 0.320 e. The molecule has 0 radical (unpaired) electrons. The second-order valence-electron chi connectivity index (χ2n) is 4.89. The first-order chi connectivity index (χ1) is 9.75. The van der Waals surface area contributed by atoms with Gasteiger partial charge >= 0.3 is 5.97 Å². The molecule has 1 saturated carbocycles. The predicted molar refractivity (Wildman–Crippen MR) is 75.0 cm³/mol. The van der Waals surface area contributed by atoms with Crippen LogP contribution in [0.15, 0.2) is 30.3 Å². The Morgan fingerprint density at radius 2 is 2.00 bits per heavy atom. The largest absolute Gasteiger partial charge is 0.491 e. The van der Waals surface area contributed by atoms with Gasteiger partial charge in [-0.05, 0) is 31.4 Å². The van der Waals surface area contributed by atoms with Gasteiger partial charge < -0.3 is 19.9 Å². The molecule has 5 heteroatoms. The molecular weight excluding hydrogens is 258 g/mol. The fourth-order valence-corrected chi connectivity index (χ4v) is 1.85. The summed E-state index contributed by atoms with van der Waals surface area (Å²) >= 11 is 0. The van der Waals surface area contributed by atoms with Gasteiger partial charge in [0, 0.05) is 12.6 Å². The molecule has 0 heterocycles. The average Bonchev–Trinajstić information content (AvgIpc) is 3.26. The van der Waals surface area contributed by atoms with Crippen molar-refractivity contribution >= 4 is 5.97 Å². The minimum atomic E-state index is -0.805. The smallest absolute Gasteiger partial charge is 0.320 e. The summed E-state index contributed by atoms with van der Waals surface area (Å²) in [5.74, 6) is 0.0101. The Morgan fingerprint density at radius 1 is 1.25 bits per heavy atom. The molecule has 2 N–H and O–H groups in total. The Balaban J connectivity index is 1.52. The van der Waals surface area contributed by atoms with E-state index in [0.717, 1.165) is 18.6 Å². The zero-order chi connectivity index (χ0) is 14.2. The highest BCUT2D eigenvalue weighted by Crippen LogP contribution is 2.20. The van der Waals surface area contributed by atoms with E-state index < -0.39 is 12.0 Å². The lowest BCUT2D eigenvalue weighted by Crippen LogP contribution is -2.39. The Kier molecular flexibility index (Phi) is 5.83. The summed E-state index contributed by atoms with van der Waals surface area (Å²) < 4.78 is 10.9. The maximum absolute atomic E-state index is 11.0. The van der Waals surface area contributed by atoms with Crippen LogP contribution >= 0.6 is 0 Å². The Labute approximate surface area is 118 Å². The van der Waals surface area contributed by atoms with E-state index >= 15 is 0 Å². The van der Waals surface area contributed by atoms with Crippen molar-refractivity contribution < 1.29 is 19.4 Å². The molecule has 0 aliphatic heterocycles. The molecule has 1 aromatic rings. The standard InChI is InChI=1S/C15H21NO4/c17-15(18)14(16-12-6-7-12)8-9-19-10-11-20-13-4-2-1-3-5-13/h1-5,12,14,16H,6-11H2,(H,17,18). The van der Waals surface area contributed by atoms with Gasteiger partial charge in [0.2, 0.25) is 0 Å². The fraction of sp³-hybridized carbons (Fsp3) is 0.533. The van der Waals surface area contributed by atoms with Crippen molar-refractivity contribution in [3.63, 3.8) is 0 Å². The summed E-state index contributed by atoms with van der Waals surface area (Å²) in [4.78, 5) is 11.0. The molecule has 110 valence electrons. The van der Waals surface area contributed by atoms with Gasteiger partial charge in [0.25, 0.3) is 0 Å². The van der Waals surface area contributed by atoms with E-state index in [9.17, 15) is 4.79 Å². The van der Waals surface area contributed by atoms with Crippen LogP contribution in [-0.2, 0) is 9.53 Å². The van der Waals surface area contributed by atoms with Gasteiger partial charge in [0.1, 0.15) is 18.4 Å². The molecular formula is C15H21NO4. The second-order valence-corrected chi connectivity index (χ2v) is 4.89. The van der Waals surface area contributed by atoms with E-state index in [2.05, 4.69) is 5.32 Å². The van der Waals surface area contributed by atoms with Crippen molar-refractivity contribution in [2.45, 2.75) is 31.3 Å². The summed E-state index contributed by atoms with van der Waals surface area (Å²) in [5, 5.41) is 12.2. The van der Waals surface area contributed by atoms with E-state index in [4.69, 9.17) is 14.6 Å². The first-order valence-corrected chi connectivity index (χ1v) is 7.00. The first kappa shape index (κ1) is 14.8. The van der Waals surface area contributed by atoms with Gasteiger partial charge in [0.05, 0.1) is 6.61 Å². The summed E-state index contributed by atoms with van der Waals surface area (Å²) in [6, 6.07) is 9.42. The molecule has 1 aromatic carbocycles. The van der Waals surface area contributed by atoms with Crippen LogP contribution in [0.25, 0.3) is 0 Å². The molecule has 0 aromatic heterocycles. The molecule has 20 heavy (non-hydrogen) atoms. The predicted octanol–water partition coefficient (Wildman–Crippen LogP) is 1.68. The number of benzene rings is 1. The van der Waals surface area contributed by atoms with Gasteiger partial charge in [-0.25, -0.2) is 0 Å². The molecule has 1 aliphatic carbocycles. The maximum atomic E-state index is 11.0. The number of rotatable bonds is 10. The lowest BCUT2D eigenvalue weighted by Gasteiger charge is -2.14. The van der Waals surface area contributed by atoms with Crippen molar-refractivity contribution in [2.24, 2.45) is 0 Å². The first-order valence-electron chi connectivity index (χ1n) is 7.00. The van der Waals surface area contributed by atoms with Gasteiger partial charge in [-0.1, -0.05) is 18.2 Å². The molecule has 0 saturated heterocycles.